The van der Waals surface area contributed by atoms with E-state index in [9.17, 15) is 19.1 Å². The molecule has 1 aliphatic rings. The number of amides is 2. The van der Waals surface area contributed by atoms with Crippen LogP contribution >= 0.6 is 0 Å². The Labute approximate surface area is 262 Å². The first-order valence-corrected chi connectivity index (χ1v) is 15.3. The summed E-state index contributed by atoms with van der Waals surface area (Å²) in [6.07, 6.45) is 5.79. The lowest BCUT2D eigenvalue weighted by Crippen LogP contribution is -2.48. The number of likely N-dealkylation sites (tertiary alicyclic amines) is 1. The molecule has 3 N–H and O–H groups in total. The second-order valence-corrected chi connectivity index (χ2v) is 12.1. The van der Waals surface area contributed by atoms with Crippen molar-refractivity contribution in [1.29, 1.82) is 0 Å². The quantitative estimate of drug-likeness (QED) is 0.205. The largest absolute Gasteiger partial charge is 0.446 e. The number of rotatable bonds is 12. The third-order valence-corrected chi connectivity index (χ3v) is 8.05. The lowest BCUT2D eigenvalue weighted by atomic mass is 9.99. The number of oxazole rings is 1. The number of halogens is 1. The molecule has 0 saturated carbocycles. The van der Waals surface area contributed by atoms with E-state index >= 15 is 0 Å². The van der Waals surface area contributed by atoms with Crippen molar-refractivity contribution in [2.24, 2.45) is 0 Å². The van der Waals surface area contributed by atoms with Gasteiger partial charge in [0.05, 0.1) is 17.8 Å². The number of aliphatic hydroxyl groups is 1. The van der Waals surface area contributed by atoms with E-state index in [0.717, 1.165) is 29.7 Å². The summed E-state index contributed by atoms with van der Waals surface area (Å²) in [5.74, 6) is -0.0652. The van der Waals surface area contributed by atoms with Crippen LogP contribution in [0.15, 0.2) is 83.7 Å². The van der Waals surface area contributed by atoms with E-state index in [1.807, 2.05) is 37.3 Å². The monoisotopic (exact) mass is 613 g/mol. The van der Waals surface area contributed by atoms with Crippen LogP contribution in [0.4, 0.5) is 4.39 Å². The number of hydrogen-bond acceptors (Lipinski definition) is 7. The molecule has 3 atom stereocenters. The Morgan fingerprint density at radius 2 is 1.87 bits per heavy atom. The molecule has 1 saturated heterocycles. The molecule has 4 aromatic rings. The maximum absolute atomic E-state index is 14.4. The number of alkyl halides is 1. The van der Waals surface area contributed by atoms with Gasteiger partial charge in [0.2, 0.25) is 5.89 Å². The predicted octanol–water partition coefficient (Wildman–Crippen LogP) is 5.05. The van der Waals surface area contributed by atoms with Crippen LogP contribution in [0.1, 0.15) is 81.7 Å². The number of aliphatic hydroxyl groups excluding tert-OH is 1. The lowest BCUT2D eigenvalue weighted by Gasteiger charge is -2.25. The van der Waals surface area contributed by atoms with E-state index in [0.29, 0.717) is 42.1 Å². The van der Waals surface area contributed by atoms with Gasteiger partial charge in [-0.3, -0.25) is 14.6 Å². The van der Waals surface area contributed by atoms with E-state index in [1.54, 1.807) is 47.7 Å². The van der Waals surface area contributed by atoms with E-state index in [4.69, 9.17) is 4.42 Å². The standard InChI is InChI=1S/C35H40FN5O4/c1-23-22-45-33(39-23)30-13-8-14-41(30)34(44)27-12-7-11-26(17-27)32(43)40-29(16-24-9-5-4-6-10-24)31(42)21-38-19-25-15-28(20-37-18-25)35(2,3)36/h4-7,9-12,15,17-18,20,22,29-31,38,42H,8,13-14,16,19,21H2,1-3H3,(H,40,43). The minimum Gasteiger partial charge on any atom is -0.446 e. The molecule has 0 spiro atoms. The van der Waals surface area contributed by atoms with Crippen molar-refractivity contribution < 1.29 is 23.5 Å². The van der Waals surface area contributed by atoms with Crippen molar-refractivity contribution in [3.8, 4) is 0 Å². The minimum absolute atomic E-state index is 0.177. The molecule has 10 heteroatoms. The Kier molecular flexibility index (Phi) is 10.0. The fourth-order valence-corrected chi connectivity index (χ4v) is 5.57. The minimum atomic E-state index is -1.51. The summed E-state index contributed by atoms with van der Waals surface area (Å²) in [4.78, 5) is 37.4. The molecule has 2 amide bonds. The van der Waals surface area contributed by atoms with Crippen LogP contribution in [0.25, 0.3) is 0 Å². The third kappa shape index (κ3) is 8.20. The molecule has 236 valence electrons. The number of nitrogens with zero attached hydrogens (tertiary/aromatic N) is 3. The number of aromatic nitrogens is 2. The molecule has 1 aliphatic heterocycles. The van der Waals surface area contributed by atoms with Crippen molar-refractivity contribution in [1.82, 2.24) is 25.5 Å². The Morgan fingerprint density at radius 3 is 2.60 bits per heavy atom. The smallest absolute Gasteiger partial charge is 0.254 e. The molecule has 2 aromatic heterocycles. The summed E-state index contributed by atoms with van der Waals surface area (Å²) in [7, 11) is 0. The van der Waals surface area contributed by atoms with Gasteiger partial charge in [-0.2, -0.15) is 0 Å². The summed E-state index contributed by atoms with van der Waals surface area (Å²) >= 11 is 0. The summed E-state index contributed by atoms with van der Waals surface area (Å²) in [6.45, 7) is 5.93. The number of nitrogens with one attached hydrogen (secondary N) is 2. The fraction of sp³-hybridized carbons (Fsp3) is 0.371. The van der Waals surface area contributed by atoms with Crippen LogP contribution < -0.4 is 10.6 Å². The lowest BCUT2D eigenvalue weighted by molar-refractivity contribution is 0.0715. The predicted molar refractivity (Wildman–Crippen MR) is 168 cm³/mol. The second-order valence-electron chi connectivity index (χ2n) is 12.1. The SMILES string of the molecule is Cc1coc(C2CCCN2C(=O)c2cccc(C(=O)NC(Cc3ccccc3)C(O)CNCc3cncc(C(C)(C)F)c3)c2)n1. The number of benzene rings is 2. The number of hydrogen-bond donors (Lipinski definition) is 3. The van der Waals surface area contributed by atoms with Crippen LogP contribution in [0, 0.1) is 6.92 Å². The zero-order valence-electron chi connectivity index (χ0n) is 25.9. The van der Waals surface area contributed by atoms with Crippen molar-refractivity contribution in [2.45, 2.75) is 70.4 Å². The topological polar surface area (TPSA) is 121 Å². The Hall–Kier alpha value is -4.41. The van der Waals surface area contributed by atoms with Crippen molar-refractivity contribution in [2.75, 3.05) is 13.1 Å². The van der Waals surface area contributed by atoms with Crippen LogP contribution in [-0.4, -0.2) is 57.0 Å². The number of carbonyl (C=O) groups excluding carboxylic acids is 2. The normalized spacial score (nSPS) is 16.4. The van der Waals surface area contributed by atoms with Gasteiger partial charge < -0.3 is 25.1 Å². The first kappa shape index (κ1) is 32.0. The Bertz CT molecular complexity index is 1600. The van der Waals surface area contributed by atoms with E-state index < -0.39 is 23.7 Å². The highest BCUT2D eigenvalue weighted by atomic mass is 19.1. The molecular formula is C35H40FN5O4. The maximum atomic E-state index is 14.4. The van der Waals surface area contributed by atoms with Crippen molar-refractivity contribution in [3.05, 3.63) is 119 Å². The van der Waals surface area contributed by atoms with Crippen LogP contribution in [0.5, 0.6) is 0 Å². The van der Waals surface area contributed by atoms with Gasteiger partial charge in [0.25, 0.3) is 11.8 Å². The van der Waals surface area contributed by atoms with Gasteiger partial charge in [0, 0.05) is 48.7 Å². The molecule has 1 fully saturated rings. The van der Waals surface area contributed by atoms with Gasteiger partial charge in [-0.1, -0.05) is 36.4 Å². The Balaban J connectivity index is 1.26. The average Bonchev–Trinajstić information content (AvgIpc) is 3.70. The molecule has 9 nitrogen and oxygen atoms in total. The summed E-state index contributed by atoms with van der Waals surface area (Å²) in [5.41, 5.74) is 2.18. The van der Waals surface area contributed by atoms with Gasteiger partial charge in [0.1, 0.15) is 18.0 Å². The van der Waals surface area contributed by atoms with Crippen LogP contribution in [0.3, 0.4) is 0 Å². The van der Waals surface area contributed by atoms with Gasteiger partial charge in [-0.25, -0.2) is 9.37 Å². The van der Waals surface area contributed by atoms with E-state index in [2.05, 4.69) is 20.6 Å². The van der Waals surface area contributed by atoms with Gasteiger partial charge in [-0.15, -0.1) is 0 Å². The number of carbonyl (C=O) groups is 2. The highest BCUT2D eigenvalue weighted by Gasteiger charge is 2.34. The number of pyridine rings is 1. The molecule has 3 heterocycles. The zero-order valence-corrected chi connectivity index (χ0v) is 25.9. The summed E-state index contributed by atoms with van der Waals surface area (Å²) < 4.78 is 20.0. The molecule has 5 rings (SSSR count). The molecular weight excluding hydrogens is 573 g/mol. The van der Waals surface area contributed by atoms with Crippen molar-refractivity contribution >= 4 is 11.8 Å². The average molecular weight is 614 g/mol. The summed E-state index contributed by atoms with van der Waals surface area (Å²) in [6, 6.07) is 17.1. The first-order valence-electron chi connectivity index (χ1n) is 15.3. The second kappa shape index (κ2) is 14.1. The third-order valence-electron chi connectivity index (χ3n) is 8.05. The van der Waals surface area contributed by atoms with Crippen LogP contribution in [0.2, 0.25) is 0 Å². The Morgan fingerprint density at radius 1 is 1.09 bits per heavy atom. The number of aryl methyl sites for hydroxylation is 1. The molecule has 2 aromatic carbocycles. The molecule has 0 radical (unpaired) electrons. The van der Waals surface area contributed by atoms with E-state index in [-0.39, 0.29) is 18.5 Å². The van der Waals surface area contributed by atoms with E-state index in [1.165, 1.54) is 20.0 Å². The first-order chi connectivity index (χ1) is 21.6. The van der Waals surface area contributed by atoms with Gasteiger partial charge in [0.15, 0.2) is 0 Å². The van der Waals surface area contributed by atoms with Crippen molar-refractivity contribution in [3.63, 3.8) is 0 Å². The maximum Gasteiger partial charge on any atom is 0.254 e. The van der Waals surface area contributed by atoms with Gasteiger partial charge in [-0.05, 0) is 75.4 Å². The molecule has 0 aliphatic carbocycles. The molecule has 3 unspecified atom stereocenters. The summed E-state index contributed by atoms with van der Waals surface area (Å²) in [5, 5.41) is 17.4. The molecule has 0 bridgehead atoms. The highest BCUT2D eigenvalue weighted by molar-refractivity contribution is 6.00. The zero-order chi connectivity index (χ0) is 32.0. The van der Waals surface area contributed by atoms with Crippen LogP contribution in [-0.2, 0) is 18.6 Å². The highest BCUT2D eigenvalue weighted by Crippen LogP contribution is 2.33. The molecule has 45 heavy (non-hydrogen) atoms. The van der Waals surface area contributed by atoms with Gasteiger partial charge >= 0.3 is 0 Å². The fourth-order valence-electron chi connectivity index (χ4n) is 5.57.